The van der Waals surface area contributed by atoms with Crippen LogP contribution in [0.5, 0.6) is 5.88 Å². The van der Waals surface area contributed by atoms with E-state index >= 15 is 0 Å². The minimum atomic E-state index is -0.986. The van der Waals surface area contributed by atoms with Gasteiger partial charge >= 0.3 is 5.69 Å². The highest BCUT2D eigenvalue weighted by Gasteiger charge is 2.39. The molecule has 1 aliphatic rings. The molecule has 4 N–H and O–H groups in total. The van der Waals surface area contributed by atoms with Gasteiger partial charge in [0.25, 0.3) is 5.56 Å². The largest absolute Gasteiger partial charge is 0.512 e. The lowest BCUT2D eigenvalue weighted by molar-refractivity contribution is -0.118. The second-order valence-corrected chi connectivity index (χ2v) is 7.32. The second-order valence-electron chi connectivity index (χ2n) is 7.32. The number of H-pyrrole nitrogens is 2. The molecule has 0 amide bonds. The molecule has 1 atom stereocenters. The minimum absolute atomic E-state index is 0.0726. The zero-order chi connectivity index (χ0) is 19.1. The van der Waals surface area contributed by atoms with Gasteiger partial charge in [0, 0.05) is 18.4 Å². The van der Waals surface area contributed by atoms with E-state index in [0.717, 1.165) is 0 Å². The average molecular weight is 356 g/mol. The third kappa shape index (κ3) is 3.20. The summed E-state index contributed by atoms with van der Waals surface area (Å²) in [6.45, 7) is 3.75. The molecule has 1 aromatic carbocycles. The van der Waals surface area contributed by atoms with Crippen LogP contribution in [0.25, 0.3) is 0 Å². The number of ketones is 1. The molecular formula is C19H20N2O5. The average Bonchev–Trinajstić information content (AvgIpc) is 2.51. The van der Waals surface area contributed by atoms with E-state index in [1.807, 2.05) is 13.8 Å². The van der Waals surface area contributed by atoms with Crippen LogP contribution in [0.2, 0.25) is 0 Å². The molecule has 7 nitrogen and oxygen atoms in total. The molecule has 26 heavy (non-hydrogen) atoms. The first-order chi connectivity index (χ1) is 12.2. The van der Waals surface area contributed by atoms with Gasteiger partial charge in [-0.05, 0) is 11.0 Å². The molecule has 3 rings (SSSR count). The van der Waals surface area contributed by atoms with E-state index in [-0.39, 0.29) is 35.5 Å². The number of benzene rings is 1. The van der Waals surface area contributed by atoms with Crippen molar-refractivity contribution >= 4 is 5.78 Å². The number of hydrogen-bond acceptors (Lipinski definition) is 5. The number of rotatable bonds is 3. The first kappa shape index (κ1) is 17.7. The molecule has 0 saturated carbocycles. The maximum absolute atomic E-state index is 12.8. The van der Waals surface area contributed by atoms with E-state index in [4.69, 9.17) is 0 Å². The summed E-state index contributed by atoms with van der Waals surface area (Å²) < 4.78 is 0. The Balaban J connectivity index is 2.30. The summed E-state index contributed by atoms with van der Waals surface area (Å²) in [5.74, 6) is -2.01. The molecule has 0 spiro atoms. The van der Waals surface area contributed by atoms with Crippen LogP contribution < -0.4 is 11.2 Å². The number of aromatic hydroxyl groups is 1. The molecule has 2 aromatic rings. The van der Waals surface area contributed by atoms with E-state index in [9.17, 15) is 24.6 Å². The van der Waals surface area contributed by atoms with Crippen LogP contribution in [0.3, 0.4) is 0 Å². The Morgan fingerprint density at radius 2 is 1.65 bits per heavy atom. The fourth-order valence-electron chi connectivity index (χ4n) is 3.50. The van der Waals surface area contributed by atoms with Crippen molar-refractivity contribution in [3.05, 3.63) is 73.6 Å². The Hall–Kier alpha value is -3.09. The molecule has 136 valence electrons. The number of carbonyl (C=O) groups is 1. The third-order valence-electron chi connectivity index (χ3n) is 4.57. The highest BCUT2D eigenvalue weighted by Crippen LogP contribution is 2.43. The van der Waals surface area contributed by atoms with Crippen molar-refractivity contribution in [1.82, 2.24) is 9.97 Å². The van der Waals surface area contributed by atoms with Gasteiger partial charge in [-0.25, -0.2) is 4.79 Å². The van der Waals surface area contributed by atoms with Crippen molar-refractivity contribution < 1.29 is 15.0 Å². The van der Waals surface area contributed by atoms with E-state index in [2.05, 4.69) is 9.97 Å². The number of carbonyl (C=O) groups excluding carboxylic acids is 1. The van der Waals surface area contributed by atoms with Gasteiger partial charge < -0.3 is 10.2 Å². The van der Waals surface area contributed by atoms with Crippen LogP contribution >= 0.6 is 0 Å². The van der Waals surface area contributed by atoms with E-state index in [0.29, 0.717) is 5.56 Å². The number of aromatic amines is 2. The van der Waals surface area contributed by atoms with Gasteiger partial charge in [-0.3, -0.25) is 19.6 Å². The van der Waals surface area contributed by atoms with Gasteiger partial charge in [0.1, 0.15) is 5.76 Å². The Kier molecular flexibility index (Phi) is 4.31. The van der Waals surface area contributed by atoms with Crippen LogP contribution in [0, 0.1) is 5.41 Å². The predicted octanol–water partition coefficient (Wildman–Crippen LogP) is 2.10. The number of allylic oxidation sites excluding steroid dienone is 2. The molecule has 0 bridgehead atoms. The van der Waals surface area contributed by atoms with Crippen molar-refractivity contribution in [3.8, 4) is 5.88 Å². The van der Waals surface area contributed by atoms with Gasteiger partial charge in [0.05, 0.1) is 11.5 Å². The molecule has 0 radical (unpaired) electrons. The van der Waals surface area contributed by atoms with Crippen molar-refractivity contribution in [1.29, 1.82) is 0 Å². The molecule has 1 unspecified atom stereocenters. The summed E-state index contributed by atoms with van der Waals surface area (Å²) in [6, 6.07) is 8.63. The Labute approximate surface area is 149 Å². The predicted molar refractivity (Wildman–Crippen MR) is 95.3 cm³/mol. The van der Waals surface area contributed by atoms with E-state index < -0.39 is 28.5 Å². The molecule has 0 saturated heterocycles. The van der Waals surface area contributed by atoms with Crippen LogP contribution in [-0.4, -0.2) is 26.0 Å². The fraction of sp³-hybridized carbons (Fsp3) is 0.316. The summed E-state index contributed by atoms with van der Waals surface area (Å²) in [7, 11) is 0. The van der Waals surface area contributed by atoms with E-state index in [1.54, 1.807) is 30.3 Å². The molecule has 0 aliphatic heterocycles. The summed E-state index contributed by atoms with van der Waals surface area (Å²) in [4.78, 5) is 40.9. The first-order valence-corrected chi connectivity index (χ1v) is 8.25. The van der Waals surface area contributed by atoms with Gasteiger partial charge in [0.15, 0.2) is 5.78 Å². The van der Waals surface area contributed by atoms with Crippen molar-refractivity contribution in [2.24, 2.45) is 5.41 Å². The second kappa shape index (κ2) is 6.33. The SMILES string of the molecule is CC1(C)CC(=O)C(C(c2ccccc2)c2c(O)[nH]c(=O)[nH]c2=O)=C(O)C1. The maximum atomic E-state index is 12.8. The first-order valence-electron chi connectivity index (χ1n) is 8.25. The summed E-state index contributed by atoms with van der Waals surface area (Å²) in [6.07, 6.45) is 0.483. The summed E-state index contributed by atoms with van der Waals surface area (Å²) in [5, 5.41) is 20.8. The number of hydrogen-bond donors (Lipinski definition) is 4. The number of nitrogens with one attached hydrogen (secondary N) is 2. The molecule has 1 heterocycles. The van der Waals surface area contributed by atoms with Crippen molar-refractivity contribution in [2.75, 3.05) is 0 Å². The Bertz CT molecular complexity index is 999. The highest BCUT2D eigenvalue weighted by molar-refractivity contribution is 5.99. The van der Waals surface area contributed by atoms with Crippen LogP contribution in [0.1, 0.15) is 43.7 Å². The van der Waals surface area contributed by atoms with Crippen LogP contribution in [0.15, 0.2) is 51.3 Å². The smallest absolute Gasteiger partial charge is 0.328 e. The van der Waals surface area contributed by atoms with Gasteiger partial charge in [-0.1, -0.05) is 44.2 Å². The van der Waals surface area contributed by atoms with Gasteiger partial charge in [-0.2, -0.15) is 0 Å². The van der Waals surface area contributed by atoms with E-state index in [1.165, 1.54) is 0 Å². The van der Waals surface area contributed by atoms with Crippen molar-refractivity contribution in [2.45, 2.75) is 32.6 Å². The monoisotopic (exact) mass is 356 g/mol. The van der Waals surface area contributed by atoms with Crippen LogP contribution in [0.4, 0.5) is 0 Å². The lowest BCUT2D eigenvalue weighted by Gasteiger charge is -2.32. The lowest BCUT2D eigenvalue weighted by Crippen LogP contribution is -2.32. The van der Waals surface area contributed by atoms with Gasteiger partial charge in [0.2, 0.25) is 5.88 Å². The molecule has 7 heteroatoms. The zero-order valence-electron chi connectivity index (χ0n) is 14.5. The number of aliphatic hydroxyl groups is 1. The zero-order valence-corrected chi connectivity index (χ0v) is 14.5. The normalized spacial score (nSPS) is 18.0. The van der Waals surface area contributed by atoms with Gasteiger partial charge in [-0.15, -0.1) is 0 Å². The number of aromatic nitrogens is 2. The quantitative estimate of drug-likeness (QED) is 0.671. The minimum Gasteiger partial charge on any atom is -0.512 e. The molecular weight excluding hydrogens is 336 g/mol. The third-order valence-corrected chi connectivity index (χ3v) is 4.57. The van der Waals surface area contributed by atoms with Crippen molar-refractivity contribution in [3.63, 3.8) is 0 Å². The standard InChI is InChI=1S/C19H20N2O5/c1-19(2)8-11(22)14(12(23)9-19)13(10-6-4-3-5-7-10)15-16(24)20-18(26)21-17(15)25/h3-7,13,22H,8-9H2,1-2H3,(H3,20,21,24,25,26). The Morgan fingerprint density at radius 1 is 1.00 bits per heavy atom. The Morgan fingerprint density at radius 3 is 2.23 bits per heavy atom. The molecule has 0 fully saturated rings. The molecule has 1 aromatic heterocycles. The maximum Gasteiger partial charge on any atom is 0.328 e. The number of Topliss-reactive ketones (excluding diaryl/α,β-unsaturated/α-hetero) is 1. The van der Waals surface area contributed by atoms with Crippen LogP contribution in [-0.2, 0) is 4.79 Å². The summed E-state index contributed by atoms with van der Waals surface area (Å²) in [5.41, 5.74) is -1.61. The number of aliphatic hydroxyl groups excluding tert-OH is 1. The topological polar surface area (TPSA) is 123 Å². The molecule has 1 aliphatic carbocycles. The highest BCUT2D eigenvalue weighted by atomic mass is 16.3. The fourth-order valence-corrected chi connectivity index (χ4v) is 3.50. The lowest BCUT2D eigenvalue weighted by atomic mass is 9.71. The summed E-state index contributed by atoms with van der Waals surface area (Å²) >= 11 is 0.